The molecule has 96 valence electrons. The molecule has 3 rings (SSSR count). The molecule has 0 aromatic carbocycles. The van der Waals surface area contributed by atoms with Crippen molar-refractivity contribution >= 4 is 21.8 Å². The first-order chi connectivity index (χ1) is 8.24. The molecule has 0 N–H and O–H groups in total. The van der Waals surface area contributed by atoms with E-state index in [9.17, 15) is 4.79 Å². The summed E-state index contributed by atoms with van der Waals surface area (Å²) in [6.45, 7) is 3.27. The van der Waals surface area contributed by atoms with E-state index in [-0.39, 0.29) is 0 Å². The van der Waals surface area contributed by atoms with Gasteiger partial charge in [0.15, 0.2) is 0 Å². The fourth-order valence-electron chi connectivity index (χ4n) is 4.07. The van der Waals surface area contributed by atoms with Gasteiger partial charge in [0, 0.05) is 23.8 Å². The molecule has 17 heavy (non-hydrogen) atoms. The van der Waals surface area contributed by atoms with E-state index in [0.717, 1.165) is 23.7 Å². The van der Waals surface area contributed by atoms with E-state index in [0.29, 0.717) is 23.8 Å². The smallest absolute Gasteiger partial charge is 0.226 e. The van der Waals surface area contributed by atoms with Crippen molar-refractivity contribution in [2.24, 2.45) is 23.7 Å². The summed E-state index contributed by atoms with van der Waals surface area (Å²) in [7, 11) is 0. The minimum absolute atomic E-state index is 0.407. The third-order valence-electron chi connectivity index (χ3n) is 5.27. The molecular weight excluding hydrogens is 278 g/mol. The number of hydrogen-bond acceptors (Lipinski definition) is 1. The Balaban J connectivity index is 1.67. The van der Waals surface area contributed by atoms with Crippen LogP contribution in [0.3, 0.4) is 0 Å². The molecule has 1 aliphatic heterocycles. The minimum atomic E-state index is 0.407. The summed E-state index contributed by atoms with van der Waals surface area (Å²) in [6.07, 6.45) is 6.50. The first kappa shape index (κ1) is 12.0. The zero-order valence-electron chi connectivity index (χ0n) is 10.6. The molecule has 0 radical (unpaired) electrons. The van der Waals surface area contributed by atoms with Gasteiger partial charge in [0.1, 0.15) is 0 Å². The maximum Gasteiger partial charge on any atom is 0.226 e. The van der Waals surface area contributed by atoms with Crippen LogP contribution in [-0.2, 0) is 4.79 Å². The number of carbonyl (C=O) groups excluding carboxylic acids is 1. The Kier molecular flexibility index (Phi) is 3.22. The molecule has 0 bridgehead atoms. The van der Waals surface area contributed by atoms with Crippen molar-refractivity contribution in [2.45, 2.75) is 45.1 Å². The summed E-state index contributed by atoms with van der Waals surface area (Å²) in [6, 6.07) is 0.449. The minimum Gasteiger partial charge on any atom is -0.338 e. The van der Waals surface area contributed by atoms with Crippen molar-refractivity contribution in [2.75, 3.05) is 11.9 Å². The van der Waals surface area contributed by atoms with E-state index >= 15 is 0 Å². The van der Waals surface area contributed by atoms with Gasteiger partial charge in [-0.05, 0) is 37.0 Å². The highest BCUT2D eigenvalue weighted by Crippen LogP contribution is 2.56. The van der Waals surface area contributed by atoms with Crippen molar-refractivity contribution in [1.29, 1.82) is 0 Å². The van der Waals surface area contributed by atoms with Gasteiger partial charge in [-0.25, -0.2) is 0 Å². The molecule has 1 saturated heterocycles. The van der Waals surface area contributed by atoms with Gasteiger partial charge in [-0.1, -0.05) is 35.7 Å². The number of carbonyl (C=O) groups is 1. The monoisotopic (exact) mass is 299 g/mol. The molecule has 3 heteroatoms. The van der Waals surface area contributed by atoms with Gasteiger partial charge >= 0.3 is 0 Å². The maximum atomic E-state index is 12.6. The second-order valence-electron chi connectivity index (χ2n) is 6.16. The van der Waals surface area contributed by atoms with Gasteiger partial charge in [0.25, 0.3) is 0 Å². The van der Waals surface area contributed by atoms with Gasteiger partial charge in [0.2, 0.25) is 5.91 Å². The summed E-state index contributed by atoms with van der Waals surface area (Å²) in [4.78, 5) is 14.8. The fourth-order valence-corrected chi connectivity index (χ4v) is 5.05. The maximum absolute atomic E-state index is 12.6. The summed E-state index contributed by atoms with van der Waals surface area (Å²) in [5.41, 5.74) is 0. The highest BCUT2D eigenvalue weighted by Gasteiger charge is 2.56. The number of nitrogens with zero attached hydrogens (tertiary/aromatic N) is 1. The third kappa shape index (κ3) is 1.94. The lowest BCUT2D eigenvalue weighted by Gasteiger charge is -2.25. The average Bonchev–Trinajstić information content (AvgIpc) is 2.96. The number of rotatable bonds is 2. The number of hydrogen-bond donors (Lipinski definition) is 0. The molecule has 0 aromatic rings. The second-order valence-corrected chi connectivity index (χ2v) is 6.80. The highest BCUT2D eigenvalue weighted by atomic mass is 79.9. The Morgan fingerprint density at radius 1 is 1.24 bits per heavy atom. The Labute approximate surface area is 112 Å². The van der Waals surface area contributed by atoms with Crippen LogP contribution in [-0.4, -0.2) is 28.7 Å². The Hall–Kier alpha value is -0.0500. The standard InChI is InChI=1S/C14H22BrNO/c1-9-6-7-16(12(9)8-15)14(17)13-10-4-2-3-5-11(10)13/h9-13H,2-8H2,1H3. The van der Waals surface area contributed by atoms with Gasteiger partial charge in [-0.3, -0.25) is 4.79 Å². The Morgan fingerprint density at radius 3 is 2.47 bits per heavy atom. The van der Waals surface area contributed by atoms with E-state index in [1.807, 2.05) is 0 Å². The molecule has 1 heterocycles. The molecule has 0 spiro atoms. The number of halogens is 1. The predicted octanol–water partition coefficient (Wildman–Crippen LogP) is 3.05. The third-order valence-corrected chi connectivity index (χ3v) is 5.93. The summed E-state index contributed by atoms with van der Waals surface area (Å²) >= 11 is 3.58. The molecule has 2 aliphatic carbocycles. The first-order valence-corrected chi connectivity index (χ1v) is 8.22. The van der Waals surface area contributed by atoms with Crippen LogP contribution in [0.4, 0.5) is 0 Å². The Bertz CT molecular complexity index is 307. The van der Waals surface area contributed by atoms with E-state index in [2.05, 4.69) is 27.8 Å². The lowest BCUT2D eigenvalue weighted by Crippen LogP contribution is -2.40. The quantitative estimate of drug-likeness (QED) is 0.718. The zero-order valence-corrected chi connectivity index (χ0v) is 12.2. The first-order valence-electron chi connectivity index (χ1n) is 7.10. The van der Waals surface area contributed by atoms with Crippen molar-refractivity contribution in [3.05, 3.63) is 0 Å². The number of fused-ring (bicyclic) bond motifs is 1. The normalized spacial score (nSPS) is 44.6. The molecule has 1 amide bonds. The van der Waals surface area contributed by atoms with Crippen LogP contribution < -0.4 is 0 Å². The zero-order chi connectivity index (χ0) is 12.0. The van der Waals surface area contributed by atoms with Crippen LogP contribution in [0.15, 0.2) is 0 Å². The van der Waals surface area contributed by atoms with Gasteiger partial charge < -0.3 is 4.90 Å². The Morgan fingerprint density at radius 2 is 1.88 bits per heavy atom. The van der Waals surface area contributed by atoms with Crippen LogP contribution in [0.25, 0.3) is 0 Å². The number of alkyl halides is 1. The van der Waals surface area contributed by atoms with E-state index < -0.39 is 0 Å². The van der Waals surface area contributed by atoms with Crippen LogP contribution in [0.5, 0.6) is 0 Å². The molecule has 4 atom stereocenters. The molecule has 2 saturated carbocycles. The lowest BCUT2D eigenvalue weighted by molar-refractivity contribution is -0.133. The van der Waals surface area contributed by atoms with E-state index in [1.54, 1.807) is 0 Å². The van der Waals surface area contributed by atoms with Crippen molar-refractivity contribution in [3.8, 4) is 0 Å². The highest BCUT2D eigenvalue weighted by molar-refractivity contribution is 9.09. The molecule has 0 aromatic heterocycles. The van der Waals surface area contributed by atoms with E-state index in [4.69, 9.17) is 0 Å². The van der Waals surface area contributed by atoms with Crippen LogP contribution in [0.1, 0.15) is 39.0 Å². The van der Waals surface area contributed by atoms with Crippen molar-refractivity contribution in [1.82, 2.24) is 4.90 Å². The predicted molar refractivity (Wildman–Crippen MR) is 72.0 cm³/mol. The average molecular weight is 300 g/mol. The SMILES string of the molecule is CC1CCN(C(=O)C2C3CCCCC32)C1CBr. The molecule has 4 unspecified atom stereocenters. The van der Waals surface area contributed by atoms with E-state index in [1.165, 1.54) is 32.1 Å². The lowest BCUT2D eigenvalue weighted by atomic mass is 10.0. The van der Waals surface area contributed by atoms with Gasteiger partial charge in [0.05, 0.1) is 0 Å². The second kappa shape index (κ2) is 4.56. The van der Waals surface area contributed by atoms with Crippen molar-refractivity contribution < 1.29 is 4.79 Å². The topological polar surface area (TPSA) is 20.3 Å². The van der Waals surface area contributed by atoms with Gasteiger partial charge in [-0.15, -0.1) is 0 Å². The van der Waals surface area contributed by atoms with Gasteiger partial charge in [-0.2, -0.15) is 0 Å². The largest absolute Gasteiger partial charge is 0.338 e. The van der Waals surface area contributed by atoms with Crippen LogP contribution in [0, 0.1) is 23.7 Å². The van der Waals surface area contributed by atoms with Crippen molar-refractivity contribution in [3.63, 3.8) is 0 Å². The number of amides is 1. The molecule has 3 fully saturated rings. The molecular formula is C14H22BrNO. The molecule has 3 aliphatic rings. The van der Waals surface area contributed by atoms with Crippen LogP contribution in [0.2, 0.25) is 0 Å². The summed E-state index contributed by atoms with van der Waals surface area (Å²) < 4.78 is 0. The number of likely N-dealkylation sites (tertiary alicyclic amines) is 1. The molecule has 2 nitrogen and oxygen atoms in total. The summed E-state index contributed by atoms with van der Waals surface area (Å²) in [5, 5.41) is 0.946. The van der Waals surface area contributed by atoms with Crippen LogP contribution >= 0.6 is 15.9 Å². The fraction of sp³-hybridized carbons (Fsp3) is 0.929. The summed E-state index contributed by atoms with van der Waals surface area (Å²) in [5.74, 6) is 3.06.